The van der Waals surface area contributed by atoms with Crippen molar-refractivity contribution in [2.45, 2.75) is 31.0 Å². The van der Waals surface area contributed by atoms with Gasteiger partial charge in [0.25, 0.3) is 0 Å². The van der Waals surface area contributed by atoms with Gasteiger partial charge < -0.3 is 15.3 Å². The highest BCUT2D eigenvalue weighted by Gasteiger charge is 2.61. The Labute approximate surface area is 228 Å². The number of nitrogens with two attached hydrogens (primary N) is 1. The first-order valence-corrected chi connectivity index (χ1v) is 11.7. The standard InChI is InChI=1S/C26H22F7N5O3/c1-2-23(39)41-24(13-35-15-37-38-34,20-9-6-18(27)11-21(20)28)26(32,33)22-10-5-17(12-36-22)16-3-7-19(8-4-16)40-14-25(29,30)31/h3-12,15H,2,13-14H2,1H3,(H2,34,35,37). The average molecular weight is 585 g/mol. The minimum absolute atomic E-state index is 0.0687. The number of carbonyl (C=O) groups excluding carboxylic acids is 1. The molecule has 2 aromatic carbocycles. The van der Waals surface area contributed by atoms with Gasteiger partial charge in [-0.3, -0.25) is 14.8 Å². The van der Waals surface area contributed by atoms with Gasteiger partial charge in [0.15, 0.2) is 6.61 Å². The molecule has 0 aliphatic carbocycles. The van der Waals surface area contributed by atoms with Crippen molar-refractivity contribution >= 4 is 12.3 Å². The third-order valence-electron chi connectivity index (χ3n) is 5.64. The smallest absolute Gasteiger partial charge is 0.422 e. The minimum atomic E-state index is -4.53. The SMILES string of the molecule is CCC(=O)OC(CN=CN=NN)(c1ccc(F)cc1F)C(F)(F)c1ccc(-c2ccc(OCC(F)(F)F)cc2)cn1. The van der Waals surface area contributed by atoms with Gasteiger partial charge in [-0.25, -0.2) is 8.78 Å². The quantitative estimate of drug-likeness (QED) is 0.0543. The lowest BCUT2D eigenvalue weighted by Crippen LogP contribution is -2.50. The number of halogens is 7. The molecule has 15 heteroatoms. The fourth-order valence-corrected chi connectivity index (χ4v) is 3.69. The summed E-state index contributed by atoms with van der Waals surface area (Å²) < 4.78 is 108. The summed E-state index contributed by atoms with van der Waals surface area (Å²) in [7, 11) is 0. The van der Waals surface area contributed by atoms with Crippen LogP contribution in [0.1, 0.15) is 24.6 Å². The Morgan fingerprint density at radius 2 is 1.68 bits per heavy atom. The molecule has 0 saturated heterocycles. The summed E-state index contributed by atoms with van der Waals surface area (Å²) in [5.74, 6) is -3.10. The van der Waals surface area contributed by atoms with E-state index >= 15 is 8.78 Å². The Balaban J connectivity index is 2.05. The molecule has 0 amide bonds. The zero-order valence-electron chi connectivity index (χ0n) is 21.2. The Morgan fingerprint density at radius 3 is 2.24 bits per heavy atom. The van der Waals surface area contributed by atoms with E-state index in [4.69, 9.17) is 10.6 Å². The second-order valence-electron chi connectivity index (χ2n) is 8.40. The van der Waals surface area contributed by atoms with E-state index < -0.39 is 59.7 Å². The highest BCUT2D eigenvalue weighted by molar-refractivity contribution is 5.70. The van der Waals surface area contributed by atoms with Crippen molar-refractivity contribution in [1.29, 1.82) is 0 Å². The van der Waals surface area contributed by atoms with Gasteiger partial charge >= 0.3 is 18.1 Å². The second-order valence-corrected chi connectivity index (χ2v) is 8.40. The van der Waals surface area contributed by atoms with Gasteiger partial charge in [0.1, 0.15) is 29.4 Å². The molecule has 41 heavy (non-hydrogen) atoms. The van der Waals surface area contributed by atoms with Crippen LogP contribution >= 0.6 is 0 Å². The third-order valence-corrected chi connectivity index (χ3v) is 5.64. The lowest BCUT2D eigenvalue weighted by molar-refractivity contribution is -0.222. The Bertz CT molecular complexity index is 1400. The van der Waals surface area contributed by atoms with Crippen LogP contribution in [0.5, 0.6) is 5.75 Å². The maximum Gasteiger partial charge on any atom is 0.422 e. The summed E-state index contributed by atoms with van der Waals surface area (Å²) in [5, 5.41) is 6.13. The van der Waals surface area contributed by atoms with Crippen LogP contribution in [-0.2, 0) is 21.1 Å². The van der Waals surface area contributed by atoms with Crippen molar-refractivity contribution in [3.05, 3.63) is 83.7 Å². The molecule has 1 atom stereocenters. The number of aromatic nitrogens is 1. The maximum atomic E-state index is 16.4. The van der Waals surface area contributed by atoms with E-state index in [0.29, 0.717) is 30.1 Å². The van der Waals surface area contributed by atoms with Gasteiger partial charge in [-0.05, 0) is 35.9 Å². The fourth-order valence-electron chi connectivity index (χ4n) is 3.69. The first-order chi connectivity index (χ1) is 19.3. The number of hydrogen-bond acceptors (Lipinski definition) is 6. The summed E-state index contributed by atoms with van der Waals surface area (Å²) in [6.07, 6.45) is -3.18. The Hall–Kier alpha value is -4.56. The van der Waals surface area contributed by atoms with E-state index in [1.54, 1.807) is 0 Å². The van der Waals surface area contributed by atoms with Gasteiger partial charge in [-0.1, -0.05) is 30.3 Å². The molecule has 1 heterocycles. The number of alkyl halides is 5. The van der Waals surface area contributed by atoms with Gasteiger partial charge in [0.05, 0.1) is 6.54 Å². The van der Waals surface area contributed by atoms with Gasteiger partial charge in [0.2, 0.25) is 5.60 Å². The zero-order valence-corrected chi connectivity index (χ0v) is 21.2. The molecule has 8 nitrogen and oxygen atoms in total. The lowest BCUT2D eigenvalue weighted by atomic mass is 9.84. The van der Waals surface area contributed by atoms with Crippen LogP contribution in [0.3, 0.4) is 0 Å². The molecule has 2 N–H and O–H groups in total. The van der Waals surface area contributed by atoms with Crippen LogP contribution in [0.2, 0.25) is 0 Å². The molecule has 0 fully saturated rings. The predicted molar refractivity (Wildman–Crippen MR) is 132 cm³/mol. The number of carbonyl (C=O) groups is 1. The summed E-state index contributed by atoms with van der Waals surface area (Å²) >= 11 is 0. The topological polar surface area (TPSA) is 112 Å². The van der Waals surface area contributed by atoms with E-state index in [0.717, 1.165) is 12.3 Å². The van der Waals surface area contributed by atoms with Crippen molar-refractivity contribution in [1.82, 2.24) is 4.98 Å². The largest absolute Gasteiger partial charge is 0.484 e. The number of esters is 1. The van der Waals surface area contributed by atoms with E-state index in [1.807, 2.05) is 0 Å². The summed E-state index contributed by atoms with van der Waals surface area (Å²) in [6.45, 7) is -1.25. The van der Waals surface area contributed by atoms with Crippen LogP contribution < -0.4 is 10.6 Å². The first-order valence-electron chi connectivity index (χ1n) is 11.7. The molecule has 0 spiro atoms. The highest BCUT2D eigenvalue weighted by atomic mass is 19.4. The minimum Gasteiger partial charge on any atom is -0.484 e. The zero-order chi connectivity index (χ0) is 30.3. The highest BCUT2D eigenvalue weighted by Crippen LogP contribution is 2.49. The predicted octanol–water partition coefficient (Wildman–Crippen LogP) is 6.26. The molecular formula is C26H22F7N5O3. The van der Waals surface area contributed by atoms with Crippen molar-refractivity contribution in [2.75, 3.05) is 13.2 Å². The van der Waals surface area contributed by atoms with Crippen LogP contribution in [0.4, 0.5) is 30.7 Å². The van der Waals surface area contributed by atoms with Gasteiger partial charge in [0, 0.05) is 29.8 Å². The molecule has 218 valence electrons. The molecular weight excluding hydrogens is 563 g/mol. The molecule has 0 radical (unpaired) electrons. The molecule has 3 aromatic rings. The van der Waals surface area contributed by atoms with E-state index in [1.165, 1.54) is 37.3 Å². The van der Waals surface area contributed by atoms with Crippen molar-refractivity contribution < 1.29 is 45.0 Å². The number of benzene rings is 2. The van der Waals surface area contributed by atoms with Gasteiger partial charge in [-0.15, -0.1) is 5.11 Å². The average Bonchev–Trinajstić information content (AvgIpc) is 2.93. The number of ether oxygens (including phenoxy) is 2. The number of hydrogen-bond donors (Lipinski definition) is 1. The maximum absolute atomic E-state index is 16.4. The first kappa shape index (κ1) is 31.0. The number of nitrogens with zero attached hydrogens (tertiary/aromatic N) is 4. The normalized spacial score (nSPS) is 13.9. The van der Waals surface area contributed by atoms with Crippen molar-refractivity contribution in [3.63, 3.8) is 0 Å². The lowest BCUT2D eigenvalue weighted by Gasteiger charge is -2.38. The summed E-state index contributed by atoms with van der Waals surface area (Å²) in [6, 6.07) is 9.18. The molecule has 1 aromatic heterocycles. The third kappa shape index (κ3) is 7.35. The Morgan fingerprint density at radius 1 is 1.00 bits per heavy atom. The summed E-state index contributed by atoms with van der Waals surface area (Å²) in [5.41, 5.74) is -4.30. The van der Waals surface area contributed by atoms with E-state index in [9.17, 15) is 26.7 Å². The number of pyridine rings is 1. The molecule has 0 aliphatic rings. The van der Waals surface area contributed by atoms with Gasteiger partial charge in [-0.2, -0.15) is 22.0 Å². The molecule has 0 saturated carbocycles. The van der Waals surface area contributed by atoms with Crippen LogP contribution in [0, 0.1) is 11.6 Å². The summed E-state index contributed by atoms with van der Waals surface area (Å²) in [4.78, 5) is 19.8. The fraction of sp³-hybridized carbons (Fsp3) is 0.269. The molecule has 0 aliphatic heterocycles. The Kier molecular flexibility index (Phi) is 9.63. The monoisotopic (exact) mass is 585 g/mol. The molecule has 0 bridgehead atoms. The van der Waals surface area contributed by atoms with Crippen LogP contribution in [0.25, 0.3) is 11.1 Å². The number of rotatable bonds is 11. The van der Waals surface area contributed by atoms with Crippen LogP contribution in [-0.4, -0.2) is 36.6 Å². The second kappa shape index (κ2) is 12.7. The van der Waals surface area contributed by atoms with E-state index in [2.05, 4.69) is 25.1 Å². The molecule has 1 unspecified atom stereocenters. The molecule has 3 rings (SSSR count). The van der Waals surface area contributed by atoms with Crippen LogP contribution in [0.15, 0.2) is 76.1 Å². The van der Waals surface area contributed by atoms with Crippen molar-refractivity contribution in [2.24, 2.45) is 21.2 Å². The van der Waals surface area contributed by atoms with Crippen molar-refractivity contribution in [3.8, 4) is 16.9 Å². The number of aliphatic imine (C=N–C) groups is 1. The van der Waals surface area contributed by atoms with E-state index in [-0.39, 0.29) is 17.7 Å².